The van der Waals surface area contributed by atoms with Crippen LogP contribution in [0.4, 0.5) is 0 Å². The summed E-state index contributed by atoms with van der Waals surface area (Å²) in [6.07, 6.45) is 0. The molecule has 2 atom stereocenters. The van der Waals surface area contributed by atoms with Gasteiger partial charge >= 0.3 is 0 Å². The predicted molar refractivity (Wildman–Crippen MR) is 112 cm³/mol. The molecule has 0 saturated heterocycles. The van der Waals surface area contributed by atoms with Gasteiger partial charge < -0.3 is 25.8 Å². The van der Waals surface area contributed by atoms with Crippen molar-refractivity contribution < 1.29 is 14.6 Å². The Morgan fingerprint density at radius 2 is 1.96 bits per heavy atom. The summed E-state index contributed by atoms with van der Waals surface area (Å²) in [6, 6.07) is 14.1. The van der Waals surface area contributed by atoms with Crippen molar-refractivity contribution in [1.82, 2.24) is 16.0 Å². The third-order valence-corrected chi connectivity index (χ3v) is 4.92. The number of carbonyl (C=O) groups excluding carboxylic acids is 1. The number of rotatable bonds is 5. The molecule has 0 saturated carbocycles. The molecule has 1 aliphatic rings. The van der Waals surface area contributed by atoms with Crippen molar-refractivity contribution in [2.24, 2.45) is 0 Å². The Bertz CT molecular complexity index is 928. The van der Waals surface area contributed by atoms with Crippen molar-refractivity contribution in [1.29, 1.82) is 0 Å². The lowest BCUT2D eigenvalue weighted by Crippen LogP contribution is -2.47. The molecule has 4 N–H and O–H groups in total. The van der Waals surface area contributed by atoms with E-state index in [1.807, 2.05) is 44.2 Å². The highest BCUT2D eigenvalue weighted by Gasteiger charge is 2.31. The molecular weight excluding hydrogens is 374 g/mol. The zero-order valence-corrected chi connectivity index (χ0v) is 16.8. The molecule has 7 heteroatoms. The molecule has 2 unspecified atom stereocenters. The molecule has 1 amide bonds. The number of phenolic OH excluding ortho intramolecular Hbond substituents is 1. The van der Waals surface area contributed by atoms with Crippen LogP contribution in [0.5, 0.6) is 11.5 Å². The average molecular weight is 398 g/mol. The van der Waals surface area contributed by atoms with Gasteiger partial charge in [0.2, 0.25) is 0 Å². The molecule has 2 aromatic carbocycles. The summed E-state index contributed by atoms with van der Waals surface area (Å²) >= 11 is 5.28. The Labute approximate surface area is 169 Å². The summed E-state index contributed by atoms with van der Waals surface area (Å²) in [5.41, 5.74) is 2.99. The SMILES string of the molecule is COc1cc(C2NC(=S)NC(C)=C2C(=O)NC(C)c2ccccc2)ccc1O. The molecule has 1 heterocycles. The summed E-state index contributed by atoms with van der Waals surface area (Å²) in [7, 11) is 1.48. The van der Waals surface area contributed by atoms with Crippen molar-refractivity contribution >= 4 is 23.2 Å². The standard InChI is InChI=1S/C21H23N3O3S/c1-12(14-7-5-4-6-8-14)22-20(26)18-13(2)23-21(28)24-19(18)15-9-10-16(25)17(11-15)27-3/h4-12,19,25H,1-3H3,(H,22,26)(H2,23,24,28). The maximum absolute atomic E-state index is 13.1. The van der Waals surface area contributed by atoms with Crippen LogP contribution in [-0.2, 0) is 4.79 Å². The molecule has 28 heavy (non-hydrogen) atoms. The Hall–Kier alpha value is -3.06. The molecule has 0 spiro atoms. The van der Waals surface area contributed by atoms with Crippen molar-refractivity contribution in [2.45, 2.75) is 25.9 Å². The summed E-state index contributed by atoms with van der Waals surface area (Å²) in [4.78, 5) is 13.1. The number of carbonyl (C=O) groups is 1. The van der Waals surface area contributed by atoms with Crippen LogP contribution in [0.2, 0.25) is 0 Å². The van der Waals surface area contributed by atoms with Crippen LogP contribution in [0.1, 0.15) is 37.1 Å². The van der Waals surface area contributed by atoms with E-state index in [0.29, 0.717) is 22.1 Å². The molecule has 0 aliphatic carbocycles. The fourth-order valence-corrected chi connectivity index (χ4v) is 3.49. The molecule has 0 fully saturated rings. The van der Waals surface area contributed by atoms with Gasteiger partial charge in [-0.15, -0.1) is 0 Å². The van der Waals surface area contributed by atoms with Gasteiger partial charge in [-0.05, 0) is 49.3 Å². The summed E-state index contributed by atoms with van der Waals surface area (Å²) < 4.78 is 5.21. The van der Waals surface area contributed by atoms with Gasteiger partial charge in [-0.2, -0.15) is 0 Å². The third kappa shape index (κ3) is 4.09. The van der Waals surface area contributed by atoms with Crippen LogP contribution >= 0.6 is 12.2 Å². The fourth-order valence-electron chi connectivity index (χ4n) is 3.22. The normalized spacial score (nSPS) is 17.4. The van der Waals surface area contributed by atoms with E-state index in [0.717, 1.165) is 11.1 Å². The minimum Gasteiger partial charge on any atom is -0.504 e. The van der Waals surface area contributed by atoms with Crippen molar-refractivity contribution in [2.75, 3.05) is 7.11 Å². The summed E-state index contributed by atoms with van der Waals surface area (Å²) in [6.45, 7) is 3.76. The van der Waals surface area contributed by atoms with Gasteiger partial charge in [-0.3, -0.25) is 4.79 Å². The summed E-state index contributed by atoms with van der Waals surface area (Å²) in [5.74, 6) is 0.166. The number of thiocarbonyl (C=S) groups is 1. The van der Waals surface area contributed by atoms with E-state index in [1.54, 1.807) is 18.2 Å². The van der Waals surface area contributed by atoms with E-state index in [-0.39, 0.29) is 17.7 Å². The van der Waals surface area contributed by atoms with E-state index < -0.39 is 6.04 Å². The first-order valence-electron chi connectivity index (χ1n) is 8.91. The molecule has 1 aliphatic heterocycles. The van der Waals surface area contributed by atoms with Crippen LogP contribution in [-0.4, -0.2) is 23.2 Å². The third-order valence-electron chi connectivity index (χ3n) is 4.70. The van der Waals surface area contributed by atoms with Crippen LogP contribution in [0.15, 0.2) is 59.8 Å². The van der Waals surface area contributed by atoms with Crippen LogP contribution < -0.4 is 20.7 Å². The Balaban J connectivity index is 1.92. The minimum atomic E-state index is -0.466. The van der Waals surface area contributed by atoms with Crippen LogP contribution in [0.3, 0.4) is 0 Å². The lowest BCUT2D eigenvalue weighted by atomic mass is 9.94. The molecule has 2 aromatic rings. The second-order valence-electron chi connectivity index (χ2n) is 6.61. The first kappa shape index (κ1) is 19.7. The number of aromatic hydroxyl groups is 1. The van der Waals surface area contributed by atoms with Crippen molar-refractivity contribution in [3.05, 3.63) is 70.9 Å². The number of ether oxygens (including phenoxy) is 1. The molecule has 3 rings (SSSR count). The minimum absolute atomic E-state index is 0.0344. The van der Waals surface area contributed by atoms with Crippen molar-refractivity contribution in [3.63, 3.8) is 0 Å². The molecule has 146 valence electrons. The lowest BCUT2D eigenvalue weighted by Gasteiger charge is -2.31. The van der Waals surface area contributed by atoms with Gasteiger partial charge in [0.1, 0.15) is 0 Å². The van der Waals surface area contributed by atoms with Gasteiger partial charge in [0.05, 0.1) is 24.8 Å². The highest BCUT2D eigenvalue weighted by atomic mass is 32.1. The monoisotopic (exact) mass is 397 g/mol. The first-order valence-corrected chi connectivity index (χ1v) is 9.32. The van der Waals surface area contributed by atoms with E-state index >= 15 is 0 Å². The first-order chi connectivity index (χ1) is 13.4. The Morgan fingerprint density at radius 3 is 2.64 bits per heavy atom. The Kier molecular flexibility index (Phi) is 5.84. The van der Waals surface area contributed by atoms with Gasteiger partial charge in [-0.25, -0.2) is 0 Å². The van der Waals surface area contributed by atoms with Gasteiger partial charge in [0.15, 0.2) is 16.6 Å². The number of allylic oxidation sites excluding steroid dienone is 1. The lowest BCUT2D eigenvalue weighted by molar-refractivity contribution is -0.118. The number of hydrogen-bond donors (Lipinski definition) is 4. The zero-order valence-electron chi connectivity index (χ0n) is 15.9. The van der Waals surface area contributed by atoms with E-state index in [1.165, 1.54) is 7.11 Å². The second kappa shape index (κ2) is 8.31. The molecule has 0 radical (unpaired) electrons. The average Bonchev–Trinajstić information content (AvgIpc) is 2.68. The topological polar surface area (TPSA) is 82.6 Å². The molecule has 0 aromatic heterocycles. The molecule has 0 bridgehead atoms. The smallest absolute Gasteiger partial charge is 0.251 e. The fraction of sp³-hybridized carbons (Fsp3) is 0.238. The van der Waals surface area contributed by atoms with E-state index in [4.69, 9.17) is 17.0 Å². The maximum atomic E-state index is 13.1. The van der Waals surface area contributed by atoms with Crippen LogP contribution in [0, 0.1) is 0 Å². The zero-order chi connectivity index (χ0) is 20.3. The Morgan fingerprint density at radius 1 is 1.25 bits per heavy atom. The predicted octanol–water partition coefficient (Wildman–Crippen LogP) is 3.07. The van der Waals surface area contributed by atoms with Gasteiger partial charge in [-0.1, -0.05) is 36.4 Å². The number of methoxy groups -OCH3 is 1. The van der Waals surface area contributed by atoms with Crippen molar-refractivity contribution in [3.8, 4) is 11.5 Å². The summed E-state index contributed by atoms with van der Waals surface area (Å²) in [5, 5.41) is 19.5. The number of hydrogen-bond acceptors (Lipinski definition) is 4. The quantitative estimate of drug-likeness (QED) is 0.581. The number of benzene rings is 2. The largest absolute Gasteiger partial charge is 0.504 e. The number of nitrogens with one attached hydrogen (secondary N) is 3. The van der Waals surface area contributed by atoms with Gasteiger partial charge in [0, 0.05) is 5.70 Å². The van der Waals surface area contributed by atoms with Crippen LogP contribution in [0.25, 0.3) is 0 Å². The van der Waals surface area contributed by atoms with E-state index in [2.05, 4.69) is 16.0 Å². The number of phenols is 1. The van der Waals surface area contributed by atoms with E-state index in [9.17, 15) is 9.90 Å². The molecular formula is C21H23N3O3S. The van der Waals surface area contributed by atoms with Gasteiger partial charge in [0.25, 0.3) is 5.91 Å². The molecule has 6 nitrogen and oxygen atoms in total. The second-order valence-corrected chi connectivity index (χ2v) is 7.02. The highest BCUT2D eigenvalue weighted by Crippen LogP contribution is 2.33. The highest BCUT2D eigenvalue weighted by molar-refractivity contribution is 7.80. The maximum Gasteiger partial charge on any atom is 0.251 e. The number of amides is 1.